The minimum atomic E-state index is -1.11. The molecule has 3 aromatic rings. The molecule has 0 aliphatic rings. The predicted octanol–water partition coefficient (Wildman–Crippen LogP) is 3.57. The molecule has 0 aliphatic carbocycles. The van der Waals surface area contributed by atoms with Crippen molar-refractivity contribution in [1.82, 2.24) is 4.57 Å². The lowest BCUT2D eigenvalue weighted by Crippen LogP contribution is -2.06. The van der Waals surface area contributed by atoms with Gasteiger partial charge in [-0.3, -0.25) is 0 Å². The zero-order valence-electron chi connectivity index (χ0n) is 12.9. The van der Waals surface area contributed by atoms with E-state index in [1.807, 2.05) is 0 Å². The number of hydrogen-bond donors (Lipinski definition) is 2. The molecule has 0 radical (unpaired) electrons. The SMILES string of the molecule is Cc1c(C(=O)O)cccc1C(=O)O.Cn1ccc2ccccc21. The Morgan fingerprint density at radius 1 is 0.870 bits per heavy atom. The fourth-order valence-electron chi connectivity index (χ4n) is 2.32. The van der Waals surface area contributed by atoms with Crippen LogP contribution in [0.25, 0.3) is 10.9 Å². The summed E-state index contributed by atoms with van der Waals surface area (Å²) < 4.78 is 2.12. The Hall–Kier alpha value is -3.08. The number of para-hydroxylation sites is 1. The van der Waals surface area contributed by atoms with Gasteiger partial charge in [-0.25, -0.2) is 9.59 Å². The maximum Gasteiger partial charge on any atom is 0.335 e. The minimum absolute atomic E-state index is 0.0277. The zero-order chi connectivity index (χ0) is 17.0. The molecule has 0 saturated carbocycles. The van der Waals surface area contributed by atoms with Gasteiger partial charge in [0.1, 0.15) is 0 Å². The summed E-state index contributed by atoms with van der Waals surface area (Å²) in [5, 5.41) is 18.7. The number of carboxylic acids is 2. The lowest BCUT2D eigenvalue weighted by atomic mass is 10.0. The van der Waals surface area contributed by atoms with Crippen LogP contribution in [-0.4, -0.2) is 26.7 Å². The number of aromatic carboxylic acids is 2. The van der Waals surface area contributed by atoms with Crippen molar-refractivity contribution in [3.8, 4) is 0 Å². The second kappa shape index (κ2) is 6.79. The molecule has 0 unspecified atom stereocenters. The van der Waals surface area contributed by atoms with Crippen LogP contribution in [0.1, 0.15) is 26.3 Å². The van der Waals surface area contributed by atoms with Gasteiger partial charge in [0.15, 0.2) is 0 Å². The summed E-state index contributed by atoms with van der Waals surface area (Å²) in [4.78, 5) is 21.2. The number of carbonyl (C=O) groups is 2. The number of aryl methyl sites for hydroxylation is 1. The number of hydrogen-bond acceptors (Lipinski definition) is 2. The van der Waals surface area contributed by atoms with E-state index in [2.05, 4.69) is 48.1 Å². The molecule has 0 amide bonds. The van der Waals surface area contributed by atoms with Crippen molar-refractivity contribution in [2.75, 3.05) is 0 Å². The average Bonchev–Trinajstić information content (AvgIpc) is 2.89. The highest BCUT2D eigenvalue weighted by Gasteiger charge is 2.13. The highest BCUT2D eigenvalue weighted by Crippen LogP contribution is 2.13. The standard InChI is InChI=1S/C9H9N.C9H8O4/c1-10-7-6-8-4-2-3-5-9(8)10;1-5-6(8(10)11)3-2-4-7(5)9(12)13/h2-7H,1H3;2-4H,1H3,(H,10,11)(H,12,13). The van der Waals surface area contributed by atoms with Gasteiger partial charge in [0, 0.05) is 18.8 Å². The quantitative estimate of drug-likeness (QED) is 0.758. The third kappa shape index (κ3) is 3.58. The van der Waals surface area contributed by atoms with Crippen LogP contribution in [0.5, 0.6) is 0 Å². The maximum absolute atomic E-state index is 10.6. The first-order chi connectivity index (χ1) is 10.9. The van der Waals surface area contributed by atoms with Gasteiger partial charge in [-0.05, 0) is 42.1 Å². The summed E-state index contributed by atoms with van der Waals surface area (Å²) in [6.07, 6.45) is 2.07. The molecule has 0 spiro atoms. The second-order valence-corrected chi connectivity index (χ2v) is 5.07. The van der Waals surface area contributed by atoms with E-state index in [1.165, 1.54) is 36.0 Å². The molecule has 2 aromatic carbocycles. The van der Waals surface area contributed by atoms with Crippen LogP contribution in [0.4, 0.5) is 0 Å². The fraction of sp³-hybridized carbons (Fsp3) is 0.111. The molecule has 5 heteroatoms. The first-order valence-electron chi connectivity index (χ1n) is 6.98. The van der Waals surface area contributed by atoms with Crippen molar-refractivity contribution in [2.45, 2.75) is 6.92 Å². The topological polar surface area (TPSA) is 79.5 Å². The number of rotatable bonds is 2. The maximum atomic E-state index is 10.6. The number of aromatic nitrogens is 1. The molecular weight excluding hydrogens is 294 g/mol. The Balaban J connectivity index is 0.000000172. The van der Waals surface area contributed by atoms with Gasteiger partial charge in [0.2, 0.25) is 0 Å². The summed E-state index contributed by atoms with van der Waals surface area (Å²) in [7, 11) is 2.06. The Morgan fingerprint density at radius 3 is 1.96 bits per heavy atom. The van der Waals surface area contributed by atoms with Crippen LogP contribution >= 0.6 is 0 Å². The van der Waals surface area contributed by atoms with Gasteiger partial charge >= 0.3 is 11.9 Å². The van der Waals surface area contributed by atoms with Gasteiger partial charge in [0.25, 0.3) is 0 Å². The summed E-state index contributed by atoms with van der Waals surface area (Å²) in [6.45, 7) is 1.48. The van der Waals surface area contributed by atoms with Gasteiger partial charge in [-0.2, -0.15) is 0 Å². The summed E-state index contributed by atoms with van der Waals surface area (Å²) in [5.74, 6) is -2.22. The van der Waals surface area contributed by atoms with E-state index in [4.69, 9.17) is 10.2 Å². The van der Waals surface area contributed by atoms with Crippen LogP contribution in [0.3, 0.4) is 0 Å². The molecule has 0 saturated heterocycles. The smallest absolute Gasteiger partial charge is 0.335 e. The first-order valence-corrected chi connectivity index (χ1v) is 6.98. The van der Waals surface area contributed by atoms with E-state index in [1.54, 1.807) is 0 Å². The average molecular weight is 311 g/mol. The monoisotopic (exact) mass is 311 g/mol. The van der Waals surface area contributed by atoms with E-state index in [-0.39, 0.29) is 16.7 Å². The van der Waals surface area contributed by atoms with Gasteiger partial charge in [-0.15, -0.1) is 0 Å². The van der Waals surface area contributed by atoms with Gasteiger partial charge < -0.3 is 14.8 Å². The number of nitrogens with zero attached hydrogens (tertiary/aromatic N) is 1. The predicted molar refractivity (Wildman–Crippen MR) is 88.0 cm³/mol. The third-order valence-corrected chi connectivity index (χ3v) is 3.59. The zero-order valence-corrected chi connectivity index (χ0v) is 12.9. The lowest BCUT2D eigenvalue weighted by molar-refractivity contribution is 0.0696. The second-order valence-electron chi connectivity index (χ2n) is 5.07. The molecular formula is C18H17NO4. The first kappa shape index (κ1) is 16.3. The van der Waals surface area contributed by atoms with E-state index in [9.17, 15) is 9.59 Å². The highest BCUT2D eigenvalue weighted by molar-refractivity contribution is 5.96. The Bertz CT molecular complexity index is 832. The van der Waals surface area contributed by atoms with Crippen LogP contribution in [-0.2, 0) is 7.05 Å². The molecule has 118 valence electrons. The molecule has 23 heavy (non-hydrogen) atoms. The highest BCUT2D eigenvalue weighted by atomic mass is 16.4. The third-order valence-electron chi connectivity index (χ3n) is 3.59. The normalized spacial score (nSPS) is 10.0. The molecule has 5 nitrogen and oxygen atoms in total. The van der Waals surface area contributed by atoms with Crippen molar-refractivity contribution >= 4 is 22.8 Å². The van der Waals surface area contributed by atoms with Gasteiger partial charge in [0.05, 0.1) is 11.1 Å². The van der Waals surface area contributed by atoms with E-state index < -0.39 is 11.9 Å². The number of fused-ring (bicyclic) bond motifs is 1. The van der Waals surface area contributed by atoms with E-state index >= 15 is 0 Å². The van der Waals surface area contributed by atoms with Crippen LogP contribution in [0.15, 0.2) is 54.7 Å². The molecule has 1 aromatic heterocycles. The Kier molecular flexibility index (Phi) is 4.81. The fourth-order valence-corrected chi connectivity index (χ4v) is 2.32. The number of carboxylic acid groups (broad SMARTS) is 2. The van der Waals surface area contributed by atoms with Crippen LogP contribution < -0.4 is 0 Å². The van der Waals surface area contributed by atoms with Gasteiger partial charge in [-0.1, -0.05) is 24.3 Å². The lowest BCUT2D eigenvalue weighted by Gasteiger charge is -2.03. The minimum Gasteiger partial charge on any atom is -0.478 e. The van der Waals surface area contributed by atoms with Crippen molar-refractivity contribution in [2.24, 2.45) is 7.05 Å². The molecule has 1 heterocycles. The molecule has 0 fully saturated rings. The van der Waals surface area contributed by atoms with Crippen molar-refractivity contribution in [3.05, 3.63) is 71.4 Å². The van der Waals surface area contributed by atoms with E-state index in [0.717, 1.165) is 0 Å². The molecule has 0 atom stereocenters. The van der Waals surface area contributed by atoms with Crippen molar-refractivity contribution < 1.29 is 19.8 Å². The molecule has 0 aliphatic heterocycles. The molecule has 3 rings (SSSR count). The van der Waals surface area contributed by atoms with E-state index in [0.29, 0.717) is 0 Å². The largest absolute Gasteiger partial charge is 0.478 e. The Morgan fingerprint density at radius 2 is 1.43 bits per heavy atom. The Labute approximate surface area is 133 Å². The van der Waals surface area contributed by atoms with Crippen LogP contribution in [0, 0.1) is 6.92 Å². The summed E-state index contributed by atoms with van der Waals surface area (Å²) in [6, 6.07) is 14.7. The number of benzene rings is 2. The molecule has 0 bridgehead atoms. The molecule has 2 N–H and O–H groups in total. The van der Waals surface area contributed by atoms with Crippen LogP contribution in [0.2, 0.25) is 0 Å². The summed E-state index contributed by atoms with van der Waals surface area (Å²) in [5.41, 5.74) is 1.63. The van der Waals surface area contributed by atoms with Crippen molar-refractivity contribution in [1.29, 1.82) is 0 Å². The summed E-state index contributed by atoms with van der Waals surface area (Å²) >= 11 is 0. The van der Waals surface area contributed by atoms with Crippen molar-refractivity contribution in [3.63, 3.8) is 0 Å².